The third-order valence-corrected chi connectivity index (χ3v) is 3.49. The zero-order valence-electron chi connectivity index (χ0n) is 12.9. The van der Waals surface area contributed by atoms with Crippen LogP contribution in [0.2, 0.25) is 0 Å². The van der Waals surface area contributed by atoms with Crippen molar-refractivity contribution in [3.63, 3.8) is 0 Å². The van der Waals surface area contributed by atoms with Crippen molar-refractivity contribution in [2.75, 3.05) is 34.3 Å². The average Bonchev–Trinajstić information content (AvgIpc) is 2.50. The van der Waals surface area contributed by atoms with Gasteiger partial charge in [-0.05, 0) is 32.2 Å². The van der Waals surface area contributed by atoms with Crippen LogP contribution >= 0.6 is 0 Å². The summed E-state index contributed by atoms with van der Waals surface area (Å²) in [4.78, 5) is 18.7. The molecule has 0 aliphatic heterocycles. The Labute approximate surface area is 124 Å². The lowest BCUT2D eigenvalue weighted by Crippen LogP contribution is -2.33. The van der Waals surface area contributed by atoms with Gasteiger partial charge in [0.25, 0.3) is 5.91 Å². The van der Waals surface area contributed by atoms with E-state index in [2.05, 4.69) is 10.3 Å². The molecule has 0 fully saturated rings. The third-order valence-electron chi connectivity index (χ3n) is 3.49. The number of carbonyl (C=O) groups is 1. The summed E-state index contributed by atoms with van der Waals surface area (Å²) in [7, 11) is 5.30. The lowest BCUT2D eigenvalue weighted by atomic mass is 10.1. The number of benzene rings is 1. The lowest BCUT2D eigenvalue weighted by molar-refractivity contribution is 0.0796. The number of hydrogen-bond acceptors (Lipinski definition) is 4. The summed E-state index contributed by atoms with van der Waals surface area (Å²) in [6.45, 7) is 3.28. The van der Waals surface area contributed by atoms with E-state index in [1.165, 1.54) is 0 Å². The molecule has 5 nitrogen and oxygen atoms in total. The van der Waals surface area contributed by atoms with E-state index in [9.17, 15) is 4.79 Å². The molecule has 0 aliphatic carbocycles. The van der Waals surface area contributed by atoms with Crippen molar-refractivity contribution in [3.05, 3.63) is 35.5 Å². The van der Waals surface area contributed by atoms with Crippen LogP contribution < -0.4 is 10.1 Å². The number of rotatable bonds is 5. The van der Waals surface area contributed by atoms with Gasteiger partial charge in [-0.1, -0.05) is 0 Å². The van der Waals surface area contributed by atoms with E-state index in [-0.39, 0.29) is 5.91 Å². The first-order chi connectivity index (χ1) is 10.1. The van der Waals surface area contributed by atoms with Gasteiger partial charge in [-0.2, -0.15) is 0 Å². The summed E-state index contributed by atoms with van der Waals surface area (Å²) < 4.78 is 5.20. The smallest absolute Gasteiger partial charge is 0.255 e. The van der Waals surface area contributed by atoms with Gasteiger partial charge < -0.3 is 15.0 Å². The van der Waals surface area contributed by atoms with Crippen molar-refractivity contribution in [2.24, 2.45) is 0 Å². The first-order valence-corrected chi connectivity index (χ1v) is 6.92. The molecule has 1 aromatic carbocycles. The van der Waals surface area contributed by atoms with Gasteiger partial charge in [0, 0.05) is 31.6 Å². The standard InChI is InChI=1S/C16H21N3O2/c1-11-14(16(20)19(3)8-7-17-2)9-12-5-6-13(21-4)10-15(12)18-11/h5-6,9-10,17H,7-8H2,1-4H3. The van der Waals surface area contributed by atoms with Gasteiger partial charge in [0.05, 0.1) is 23.9 Å². The first-order valence-electron chi connectivity index (χ1n) is 6.92. The lowest BCUT2D eigenvalue weighted by Gasteiger charge is -2.18. The van der Waals surface area contributed by atoms with E-state index >= 15 is 0 Å². The Balaban J connectivity index is 2.36. The van der Waals surface area contributed by atoms with Crippen molar-refractivity contribution in [2.45, 2.75) is 6.92 Å². The summed E-state index contributed by atoms with van der Waals surface area (Å²) in [6.07, 6.45) is 0. The topological polar surface area (TPSA) is 54.5 Å². The van der Waals surface area contributed by atoms with Crippen LogP contribution in [0, 0.1) is 6.92 Å². The predicted molar refractivity (Wildman–Crippen MR) is 83.9 cm³/mol. The summed E-state index contributed by atoms with van der Waals surface area (Å²) in [6, 6.07) is 7.57. The maximum absolute atomic E-state index is 12.5. The second kappa shape index (κ2) is 6.54. The zero-order valence-corrected chi connectivity index (χ0v) is 12.9. The molecule has 1 aromatic heterocycles. The molecule has 2 aromatic rings. The number of likely N-dealkylation sites (N-methyl/N-ethyl adjacent to an activating group) is 2. The number of pyridine rings is 1. The van der Waals surface area contributed by atoms with Crippen LogP contribution in [0.15, 0.2) is 24.3 Å². The Morgan fingerprint density at radius 1 is 1.38 bits per heavy atom. The molecule has 0 unspecified atom stereocenters. The number of nitrogens with zero attached hydrogens (tertiary/aromatic N) is 2. The number of ether oxygens (including phenoxy) is 1. The highest BCUT2D eigenvalue weighted by atomic mass is 16.5. The van der Waals surface area contributed by atoms with Gasteiger partial charge >= 0.3 is 0 Å². The normalized spacial score (nSPS) is 10.7. The minimum Gasteiger partial charge on any atom is -0.497 e. The number of aryl methyl sites for hydroxylation is 1. The van der Waals surface area contributed by atoms with E-state index < -0.39 is 0 Å². The average molecular weight is 287 g/mol. The van der Waals surface area contributed by atoms with Gasteiger partial charge in [-0.15, -0.1) is 0 Å². The molecule has 0 spiro atoms. The van der Waals surface area contributed by atoms with Crippen LogP contribution in [0.1, 0.15) is 16.1 Å². The van der Waals surface area contributed by atoms with Crippen LogP contribution in [0.25, 0.3) is 10.9 Å². The molecule has 1 N–H and O–H groups in total. The van der Waals surface area contributed by atoms with E-state index in [4.69, 9.17) is 4.74 Å². The number of amides is 1. The van der Waals surface area contributed by atoms with Crippen molar-refractivity contribution in [1.82, 2.24) is 15.2 Å². The third kappa shape index (κ3) is 3.31. The van der Waals surface area contributed by atoms with E-state index in [0.29, 0.717) is 12.1 Å². The molecule has 21 heavy (non-hydrogen) atoms. The molecule has 0 radical (unpaired) electrons. The van der Waals surface area contributed by atoms with Crippen LogP contribution in [0.3, 0.4) is 0 Å². The van der Waals surface area contributed by atoms with Crippen molar-refractivity contribution in [1.29, 1.82) is 0 Å². The molecule has 0 saturated heterocycles. The highest BCUT2D eigenvalue weighted by molar-refractivity contribution is 5.98. The summed E-state index contributed by atoms with van der Waals surface area (Å²) in [5.74, 6) is 0.757. The van der Waals surface area contributed by atoms with Gasteiger partial charge in [0.2, 0.25) is 0 Å². The quantitative estimate of drug-likeness (QED) is 0.912. The molecule has 1 heterocycles. The molecular formula is C16H21N3O2. The van der Waals surface area contributed by atoms with Crippen LogP contribution in [-0.4, -0.2) is 50.1 Å². The Bertz CT molecular complexity index is 655. The number of nitrogens with one attached hydrogen (secondary N) is 1. The highest BCUT2D eigenvalue weighted by Gasteiger charge is 2.15. The fourth-order valence-electron chi connectivity index (χ4n) is 2.17. The SMILES string of the molecule is CNCCN(C)C(=O)c1cc2ccc(OC)cc2nc1C. The molecule has 112 valence electrons. The highest BCUT2D eigenvalue weighted by Crippen LogP contribution is 2.22. The second-order valence-electron chi connectivity index (χ2n) is 5.01. The minimum absolute atomic E-state index is 0.00651. The first kappa shape index (κ1) is 15.3. The molecule has 5 heteroatoms. The Morgan fingerprint density at radius 3 is 2.81 bits per heavy atom. The molecule has 0 atom stereocenters. The molecular weight excluding hydrogens is 266 g/mol. The maximum Gasteiger partial charge on any atom is 0.255 e. The monoisotopic (exact) mass is 287 g/mol. The molecule has 1 amide bonds. The summed E-state index contributed by atoms with van der Waals surface area (Å²) in [5.41, 5.74) is 2.21. The Kier molecular flexibility index (Phi) is 4.75. The van der Waals surface area contributed by atoms with E-state index in [1.807, 2.05) is 38.2 Å². The number of hydrogen-bond donors (Lipinski definition) is 1. The number of aromatic nitrogens is 1. The maximum atomic E-state index is 12.5. The fraction of sp³-hybridized carbons (Fsp3) is 0.375. The van der Waals surface area contributed by atoms with E-state index in [0.717, 1.165) is 28.9 Å². The number of methoxy groups -OCH3 is 1. The predicted octanol–water partition coefficient (Wildman–Crippen LogP) is 1.84. The van der Waals surface area contributed by atoms with Crippen molar-refractivity contribution >= 4 is 16.8 Å². The summed E-state index contributed by atoms with van der Waals surface area (Å²) >= 11 is 0. The van der Waals surface area contributed by atoms with Gasteiger partial charge in [-0.25, -0.2) is 0 Å². The van der Waals surface area contributed by atoms with Crippen molar-refractivity contribution < 1.29 is 9.53 Å². The molecule has 0 saturated carbocycles. The molecule has 0 bridgehead atoms. The molecule has 2 rings (SSSR count). The molecule has 0 aliphatic rings. The van der Waals surface area contributed by atoms with Gasteiger partial charge in [-0.3, -0.25) is 9.78 Å². The van der Waals surface area contributed by atoms with Crippen LogP contribution in [-0.2, 0) is 0 Å². The largest absolute Gasteiger partial charge is 0.497 e. The number of carbonyl (C=O) groups excluding carboxylic acids is 1. The van der Waals surface area contributed by atoms with Gasteiger partial charge in [0.1, 0.15) is 5.75 Å². The zero-order chi connectivity index (χ0) is 15.4. The van der Waals surface area contributed by atoms with Crippen LogP contribution in [0.5, 0.6) is 5.75 Å². The Morgan fingerprint density at radius 2 is 2.14 bits per heavy atom. The van der Waals surface area contributed by atoms with Crippen LogP contribution in [0.4, 0.5) is 0 Å². The minimum atomic E-state index is -0.00651. The van der Waals surface area contributed by atoms with E-state index in [1.54, 1.807) is 19.1 Å². The summed E-state index contributed by atoms with van der Waals surface area (Å²) in [5, 5.41) is 3.98. The van der Waals surface area contributed by atoms with Crippen molar-refractivity contribution in [3.8, 4) is 5.75 Å². The second-order valence-corrected chi connectivity index (χ2v) is 5.01. The number of fused-ring (bicyclic) bond motifs is 1. The Hall–Kier alpha value is -2.14. The fourth-order valence-corrected chi connectivity index (χ4v) is 2.17. The van der Waals surface area contributed by atoms with Gasteiger partial charge in [0.15, 0.2) is 0 Å².